The maximum absolute atomic E-state index is 11.7. The third-order valence-electron chi connectivity index (χ3n) is 2.44. The number of halogens is 1. The van der Waals surface area contributed by atoms with Gasteiger partial charge in [-0.05, 0) is 13.5 Å². The van der Waals surface area contributed by atoms with Gasteiger partial charge in [0.05, 0.1) is 4.83 Å². The Hall–Kier alpha value is -0.0900. The molecule has 0 saturated carbocycles. The van der Waals surface area contributed by atoms with Gasteiger partial charge in [0.1, 0.15) is 0 Å². The summed E-state index contributed by atoms with van der Waals surface area (Å²) in [4.78, 5) is 15.9. The van der Waals surface area contributed by atoms with Crippen molar-refractivity contribution in [2.75, 3.05) is 33.2 Å². The maximum atomic E-state index is 11.7. The number of rotatable bonds is 2. The molecule has 1 amide bonds. The van der Waals surface area contributed by atoms with E-state index < -0.39 is 0 Å². The lowest BCUT2D eigenvalue weighted by atomic mass is 10.2. The van der Waals surface area contributed by atoms with Crippen LogP contribution in [0.25, 0.3) is 0 Å². The monoisotopic (exact) mass is 248 g/mol. The fourth-order valence-electron chi connectivity index (χ4n) is 1.40. The minimum atomic E-state index is 0.0101. The van der Waals surface area contributed by atoms with Gasteiger partial charge < -0.3 is 9.80 Å². The highest BCUT2D eigenvalue weighted by molar-refractivity contribution is 9.10. The molecule has 1 aliphatic heterocycles. The standard InChI is InChI=1S/C9H17BrN2O/c1-3-8(10)9(13)12-6-4-11(2)5-7-12/h8H,3-7H2,1-2H3. The molecule has 4 heteroatoms. The minimum absolute atomic E-state index is 0.0101. The Kier molecular flexibility index (Phi) is 4.19. The lowest BCUT2D eigenvalue weighted by molar-refractivity contribution is -0.132. The Bertz CT molecular complexity index is 178. The molecule has 0 spiro atoms. The third-order valence-corrected chi connectivity index (χ3v) is 3.48. The Morgan fingerprint density at radius 3 is 2.38 bits per heavy atom. The average Bonchev–Trinajstić information content (AvgIpc) is 2.17. The molecule has 0 bridgehead atoms. The molecule has 76 valence electrons. The summed E-state index contributed by atoms with van der Waals surface area (Å²) >= 11 is 3.39. The van der Waals surface area contributed by atoms with Gasteiger partial charge in [-0.1, -0.05) is 22.9 Å². The number of carbonyl (C=O) groups is 1. The molecule has 1 atom stereocenters. The average molecular weight is 249 g/mol. The summed E-state index contributed by atoms with van der Waals surface area (Å²) in [5.74, 6) is 0.246. The van der Waals surface area contributed by atoms with Gasteiger partial charge in [0, 0.05) is 26.2 Å². The second-order valence-corrected chi connectivity index (χ2v) is 4.61. The van der Waals surface area contributed by atoms with E-state index in [1.54, 1.807) is 0 Å². The zero-order valence-corrected chi connectivity index (χ0v) is 9.88. The van der Waals surface area contributed by atoms with Crippen molar-refractivity contribution >= 4 is 21.8 Å². The molecule has 1 rings (SSSR count). The van der Waals surface area contributed by atoms with Gasteiger partial charge in [-0.2, -0.15) is 0 Å². The molecule has 0 aromatic heterocycles. The van der Waals surface area contributed by atoms with Crippen molar-refractivity contribution in [3.8, 4) is 0 Å². The molecule has 0 aromatic rings. The number of hydrogen-bond donors (Lipinski definition) is 0. The first kappa shape index (κ1) is 11.0. The number of carbonyl (C=O) groups excluding carboxylic acids is 1. The topological polar surface area (TPSA) is 23.6 Å². The molecule has 1 saturated heterocycles. The van der Waals surface area contributed by atoms with E-state index in [1.807, 2.05) is 11.8 Å². The number of hydrogen-bond acceptors (Lipinski definition) is 2. The highest BCUT2D eigenvalue weighted by atomic mass is 79.9. The summed E-state index contributed by atoms with van der Waals surface area (Å²) in [5.41, 5.74) is 0. The molecule has 3 nitrogen and oxygen atoms in total. The predicted molar refractivity (Wildman–Crippen MR) is 57.1 cm³/mol. The highest BCUT2D eigenvalue weighted by Crippen LogP contribution is 2.10. The van der Waals surface area contributed by atoms with Crippen LogP contribution in [0.5, 0.6) is 0 Å². The van der Waals surface area contributed by atoms with Gasteiger partial charge in [0.15, 0.2) is 0 Å². The zero-order valence-electron chi connectivity index (χ0n) is 8.29. The van der Waals surface area contributed by atoms with Gasteiger partial charge in [0.25, 0.3) is 0 Å². The molecule has 13 heavy (non-hydrogen) atoms. The first-order chi connectivity index (χ1) is 6.15. The van der Waals surface area contributed by atoms with Crippen molar-refractivity contribution in [3.63, 3.8) is 0 Å². The number of alkyl halides is 1. The van der Waals surface area contributed by atoms with Crippen molar-refractivity contribution in [1.29, 1.82) is 0 Å². The number of likely N-dealkylation sites (N-methyl/N-ethyl adjacent to an activating group) is 1. The van der Waals surface area contributed by atoms with Crippen molar-refractivity contribution in [2.45, 2.75) is 18.2 Å². The SMILES string of the molecule is CCC(Br)C(=O)N1CCN(C)CC1. The van der Waals surface area contributed by atoms with E-state index in [4.69, 9.17) is 0 Å². The van der Waals surface area contributed by atoms with E-state index >= 15 is 0 Å². The Balaban J connectivity index is 2.40. The van der Waals surface area contributed by atoms with Crippen LogP contribution in [0.1, 0.15) is 13.3 Å². The van der Waals surface area contributed by atoms with Crippen molar-refractivity contribution < 1.29 is 4.79 Å². The van der Waals surface area contributed by atoms with E-state index in [2.05, 4.69) is 27.9 Å². The van der Waals surface area contributed by atoms with Crippen LogP contribution in [-0.4, -0.2) is 53.8 Å². The van der Waals surface area contributed by atoms with Crippen LogP contribution in [0, 0.1) is 0 Å². The van der Waals surface area contributed by atoms with Crippen LogP contribution in [0.4, 0.5) is 0 Å². The molecule has 1 aliphatic rings. The Labute approximate surface area is 88.2 Å². The van der Waals surface area contributed by atoms with Crippen LogP contribution < -0.4 is 0 Å². The van der Waals surface area contributed by atoms with Crippen LogP contribution in [0.3, 0.4) is 0 Å². The van der Waals surface area contributed by atoms with Gasteiger partial charge >= 0.3 is 0 Å². The molecular weight excluding hydrogens is 232 g/mol. The number of amides is 1. The van der Waals surface area contributed by atoms with Crippen molar-refractivity contribution in [2.24, 2.45) is 0 Å². The van der Waals surface area contributed by atoms with Crippen LogP contribution in [0.15, 0.2) is 0 Å². The van der Waals surface area contributed by atoms with Crippen LogP contribution in [0.2, 0.25) is 0 Å². The maximum Gasteiger partial charge on any atom is 0.236 e. The quantitative estimate of drug-likeness (QED) is 0.680. The Morgan fingerprint density at radius 1 is 1.38 bits per heavy atom. The third kappa shape index (κ3) is 2.95. The van der Waals surface area contributed by atoms with Gasteiger partial charge in [-0.15, -0.1) is 0 Å². The smallest absolute Gasteiger partial charge is 0.236 e. The molecule has 0 radical (unpaired) electrons. The summed E-state index contributed by atoms with van der Waals surface area (Å²) in [6, 6.07) is 0. The van der Waals surface area contributed by atoms with Crippen molar-refractivity contribution in [1.82, 2.24) is 9.80 Å². The summed E-state index contributed by atoms with van der Waals surface area (Å²) in [6.45, 7) is 5.76. The first-order valence-electron chi connectivity index (χ1n) is 4.76. The van der Waals surface area contributed by atoms with E-state index in [1.165, 1.54) is 0 Å². The molecule has 0 aromatic carbocycles. The van der Waals surface area contributed by atoms with Crippen molar-refractivity contribution in [3.05, 3.63) is 0 Å². The predicted octanol–water partition coefficient (Wildman–Crippen LogP) is 0.934. The highest BCUT2D eigenvalue weighted by Gasteiger charge is 2.23. The number of nitrogens with zero attached hydrogens (tertiary/aromatic N) is 2. The molecule has 1 fully saturated rings. The fourth-order valence-corrected chi connectivity index (χ4v) is 1.69. The molecule has 1 heterocycles. The molecular formula is C9H17BrN2O. The van der Waals surface area contributed by atoms with Gasteiger partial charge in [0.2, 0.25) is 5.91 Å². The van der Waals surface area contributed by atoms with E-state index in [0.717, 1.165) is 32.6 Å². The van der Waals surface area contributed by atoms with E-state index in [0.29, 0.717) is 0 Å². The summed E-state index contributed by atoms with van der Waals surface area (Å²) in [7, 11) is 2.09. The zero-order chi connectivity index (χ0) is 9.84. The largest absolute Gasteiger partial charge is 0.339 e. The normalized spacial score (nSPS) is 21.6. The van der Waals surface area contributed by atoms with E-state index in [9.17, 15) is 4.79 Å². The van der Waals surface area contributed by atoms with Gasteiger partial charge in [-0.25, -0.2) is 0 Å². The second-order valence-electron chi connectivity index (χ2n) is 3.50. The summed E-state index contributed by atoms with van der Waals surface area (Å²) in [5, 5.41) is 0. The van der Waals surface area contributed by atoms with Crippen LogP contribution >= 0.6 is 15.9 Å². The Morgan fingerprint density at radius 2 is 1.92 bits per heavy atom. The first-order valence-corrected chi connectivity index (χ1v) is 5.68. The lowest BCUT2D eigenvalue weighted by Crippen LogP contribution is -2.49. The molecule has 0 aliphatic carbocycles. The van der Waals surface area contributed by atoms with Crippen LogP contribution in [-0.2, 0) is 4.79 Å². The summed E-state index contributed by atoms with van der Waals surface area (Å²) in [6.07, 6.45) is 0.866. The second kappa shape index (κ2) is 4.96. The molecule has 0 N–H and O–H groups in total. The number of piperazine rings is 1. The van der Waals surface area contributed by atoms with Gasteiger partial charge in [-0.3, -0.25) is 4.79 Å². The fraction of sp³-hybridized carbons (Fsp3) is 0.889. The molecule has 1 unspecified atom stereocenters. The summed E-state index contributed by atoms with van der Waals surface area (Å²) < 4.78 is 0. The lowest BCUT2D eigenvalue weighted by Gasteiger charge is -2.33. The van der Waals surface area contributed by atoms with E-state index in [-0.39, 0.29) is 10.7 Å². The minimum Gasteiger partial charge on any atom is -0.339 e.